The number of carbonyl (C=O) groups is 1. The van der Waals surface area contributed by atoms with Crippen LogP contribution in [0, 0.1) is 5.82 Å². The van der Waals surface area contributed by atoms with Crippen LogP contribution in [0.5, 0.6) is 0 Å². The maximum absolute atomic E-state index is 13.5. The zero-order valence-electron chi connectivity index (χ0n) is 13.8. The fourth-order valence-corrected chi connectivity index (χ4v) is 2.73. The topological polar surface area (TPSA) is 64.0 Å². The molecule has 1 amide bonds. The number of aromatic nitrogens is 2. The van der Waals surface area contributed by atoms with Crippen molar-refractivity contribution in [1.82, 2.24) is 14.9 Å². The molecule has 2 heterocycles. The van der Waals surface area contributed by atoms with E-state index in [1.807, 2.05) is 19.1 Å². The molecule has 2 aromatic heterocycles. The molecule has 3 rings (SSSR count). The van der Waals surface area contributed by atoms with Gasteiger partial charge in [-0.2, -0.15) is 0 Å². The zero-order valence-corrected chi connectivity index (χ0v) is 13.8. The number of rotatable bonds is 5. The first kappa shape index (κ1) is 16.8. The van der Waals surface area contributed by atoms with Crippen LogP contribution in [-0.2, 0) is 13.1 Å². The number of hydrogen-bond donors (Lipinski definition) is 1. The minimum atomic E-state index is -0.470. The third-order valence-corrected chi connectivity index (χ3v) is 3.96. The Morgan fingerprint density at radius 1 is 1.20 bits per heavy atom. The summed E-state index contributed by atoms with van der Waals surface area (Å²) in [6, 6.07) is 9.26. The van der Waals surface area contributed by atoms with Crippen molar-refractivity contribution >= 4 is 16.7 Å². The number of nitrogens with zero attached hydrogens (tertiary/aromatic N) is 2. The third kappa shape index (κ3) is 3.57. The number of nitrogens with one attached hydrogen (secondary N) is 1. The Hall–Kier alpha value is -3.02. The molecule has 3 aromatic rings. The van der Waals surface area contributed by atoms with Gasteiger partial charge < -0.3 is 9.88 Å². The number of halogens is 1. The Morgan fingerprint density at radius 2 is 1.96 bits per heavy atom. The van der Waals surface area contributed by atoms with E-state index in [9.17, 15) is 14.0 Å². The fraction of sp³-hybridized carbons (Fsp3) is 0.211. The SMILES string of the molecule is CCCn1c(C(=O)NCc2ccncc2)cc2ccc(F)cc2c1=O. The number of benzene rings is 1. The number of carbonyl (C=O) groups excluding carboxylic acids is 1. The summed E-state index contributed by atoms with van der Waals surface area (Å²) in [7, 11) is 0. The molecule has 0 bridgehead atoms. The molecule has 25 heavy (non-hydrogen) atoms. The van der Waals surface area contributed by atoms with Gasteiger partial charge >= 0.3 is 0 Å². The van der Waals surface area contributed by atoms with Crippen molar-refractivity contribution < 1.29 is 9.18 Å². The molecule has 0 spiro atoms. The maximum Gasteiger partial charge on any atom is 0.268 e. The molecule has 0 unspecified atom stereocenters. The average molecular weight is 339 g/mol. The molecular formula is C19H18FN3O2. The second-order valence-electron chi connectivity index (χ2n) is 5.76. The summed E-state index contributed by atoms with van der Waals surface area (Å²) in [5, 5.41) is 3.64. The lowest BCUT2D eigenvalue weighted by Gasteiger charge is -2.14. The highest BCUT2D eigenvalue weighted by atomic mass is 19.1. The van der Waals surface area contributed by atoms with E-state index in [0.29, 0.717) is 24.9 Å². The van der Waals surface area contributed by atoms with Crippen LogP contribution in [0.3, 0.4) is 0 Å². The molecular weight excluding hydrogens is 321 g/mol. The molecule has 0 atom stereocenters. The van der Waals surface area contributed by atoms with Gasteiger partial charge in [-0.3, -0.25) is 14.6 Å². The molecule has 128 valence electrons. The number of hydrogen-bond acceptors (Lipinski definition) is 3. The normalized spacial score (nSPS) is 10.8. The van der Waals surface area contributed by atoms with Crippen molar-refractivity contribution in [3.8, 4) is 0 Å². The van der Waals surface area contributed by atoms with Crippen LogP contribution in [-0.4, -0.2) is 15.5 Å². The minimum Gasteiger partial charge on any atom is -0.347 e. The van der Waals surface area contributed by atoms with Crippen LogP contribution in [0.25, 0.3) is 10.8 Å². The molecule has 0 aliphatic rings. The summed E-state index contributed by atoms with van der Waals surface area (Å²) in [5.41, 5.74) is 0.837. The molecule has 0 saturated carbocycles. The lowest BCUT2D eigenvalue weighted by molar-refractivity contribution is 0.0940. The molecule has 0 aliphatic carbocycles. The molecule has 0 saturated heterocycles. The van der Waals surface area contributed by atoms with Crippen molar-refractivity contribution in [3.63, 3.8) is 0 Å². The molecule has 5 nitrogen and oxygen atoms in total. The summed E-state index contributed by atoms with van der Waals surface area (Å²) in [4.78, 5) is 29.2. The van der Waals surface area contributed by atoms with Gasteiger partial charge in [-0.1, -0.05) is 13.0 Å². The first-order chi connectivity index (χ1) is 12.1. The largest absolute Gasteiger partial charge is 0.347 e. The smallest absolute Gasteiger partial charge is 0.268 e. The van der Waals surface area contributed by atoms with E-state index in [-0.39, 0.29) is 22.5 Å². The van der Waals surface area contributed by atoms with E-state index in [1.165, 1.54) is 22.8 Å². The first-order valence-corrected chi connectivity index (χ1v) is 8.10. The summed E-state index contributed by atoms with van der Waals surface area (Å²) in [6.07, 6.45) is 3.99. The van der Waals surface area contributed by atoms with Gasteiger partial charge in [0.15, 0.2) is 0 Å². The van der Waals surface area contributed by atoms with Crippen molar-refractivity contribution in [1.29, 1.82) is 0 Å². The Labute approximate surface area is 144 Å². The van der Waals surface area contributed by atoms with Crippen LogP contribution >= 0.6 is 0 Å². The average Bonchev–Trinajstić information content (AvgIpc) is 2.63. The predicted molar refractivity (Wildman–Crippen MR) is 93.9 cm³/mol. The molecule has 1 N–H and O–H groups in total. The fourth-order valence-electron chi connectivity index (χ4n) is 2.73. The van der Waals surface area contributed by atoms with Crippen LogP contribution < -0.4 is 10.9 Å². The summed E-state index contributed by atoms with van der Waals surface area (Å²) in [6.45, 7) is 2.65. The highest BCUT2D eigenvalue weighted by molar-refractivity contribution is 5.96. The minimum absolute atomic E-state index is 0.277. The van der Waals surface area contributed by atoms with E-state index >= 15 is 0 Å². The van der Waals surface area contributed by atoms with Crippen molar-refractivity contribution in [3.05, 3.63) is 76.2 Å². The summed E-state index contributed by atoms with van der Waals surface area (Å²) < 4.78 is 14.9. The highest BCUT2D eigenvalue weighted by Gasteiger charge is 2.15. The summed E-state index contributed by atoms with van der Waals surface area (Å²) >= 11 is 0. The second-order valence-corrected chi connectivity index (χ2v) is 5.76. The van der Waals surface area contributed by atoms with Gasteiger partial charge in [-0.05, 0) is 47.7 Å². The van der Waals surface area contributed by atoms with Gasteiger partial charge in [0.25, 0.3) is 11.5 Å². The summed E-state index contributed by atoms with van der Waals surface area (Å²) in [5.74, 6) is -0.809. The second kappa shape index (κ2) is 7.25. The molecule has 1 aromatic carbocycles. The van der Waals surface area contributed by atoms with Gasteiger partial charge in [0.1, 0.15) is 11.5 Å². The van der Waals surface area contributed by atoms with E-state index < -0.39 is 5.82 Å². The van der Waals surface area contributed by atoms with Gasteiger partial charge in [0.2, 0.25) is 0 Å². The molecule has 0 fully saturated rings. The molecule has 0 radical (unpaired) electrons. The van der Waals surface area contributed by atoms with E-state index in [0.717, 1.165) is 5.56 Å². The van der Waals surface area contributed by atoms with Gasteiger partial charge in [0, 0.05) is 25.5 Å². The van der Waals surface area contributed by atoms with Crippen LogP contribution in [0.1, 0.15) is 29.4 Å². The number of fused-ring (bicyclic) bond motifs is 1. The lowest BCUT2D eigenvalue weighted by Crippen LogP contribution is -2.32. The number of amides is 1. The van der Waals surface area contributed by atoms with Crippen LogP contribution in [0.4, 0.5) is 4.39 Å². The quantitative estimate of drug-likeness (QED) is 0.777. The lowest BCUT2D eigenvalue weighted by atomic mass is 10.1. The zero-order chi connectivity index (χ0) is 17.8. The predicted octanol–water partition coefficient (Wildman–Crippen LogP) is 2.88. The first-order valence-electron chi connectivity index (χ1n) is 8.10. The Kier molecular flexibility index (Phi) is 4.88. The third-order valence-electron chi connectivity index (χ3n) is 3.96. The Bertz CT molecular complexity index is 968. The Balaban J connectivity index is 1.98. The monoisotopic (exact) mass is 339 g/mol. The standard InChI is InChI=1S/C19H18FN3O2/c1-2-9-23-17(18(24)22-12-13-5-7-21-8-6-13)10-14-3-4-15(20)11-16(14)19(23)25/h3-8,10-11H,2,9,12H2,1H3,(H,22,24). The van der Waals surface area contributed by atoms with Gasteiger partial charge in [-0.25, -0.2) is 4.39 Å². The van der Waals surface area contributed by atoms with Crippen molar-refractivity contribution in [2.24, 2.45) is 0 Å². The van der Waals surface area contributed by atoms with E-state index in [4.69, 9.17) is 0 Å². The number of pyridine rings is 2. The van der Waals surface area contributed by atoms with Crippen molar-refractivity contribution in [2.75, 3.05) is 0 Å². The molecule has 6 heteroatoms. The van der Waals surface area contributed by atoms with Crippen LogP contribution in [0.2, 0.25) is 0 Å². The van der Waals surface area contributed by atoms with Crippen LogP contribution in [0.15, 0.2) is 53.6 Å². The van der Waals surface area contributed by atoms with E-state index in [1.54, 1.807) is 18.5 Å². The van der Waals surface area contributed by atoms with Gasteiger partial charge in [-0.15, -0.1) is 0 Å². The maximum atomic E-state index is 13.5. The molecule has 0 aliphatic heterocycles. The highest BCUT2D eigenvalue weighted by Crippen LogP contribution is 2.15. The van der Waals surface area contributed by atoms with Crippen molar-refractivity contribution in [2.45, 2.75) is 26.4 Å². The Morgan fingerprint density at radius 3 is 2.68 bits per heavy atom. The van der Waals surface area contributed by atoms with E-state index in [2.05, 4.69) is 10.3 Å². The van der Waals surface area contributed by atoms with Gasteiger partial charge in [0.05, 0.1) is 5.39 Å².